The van der Waals surface area contributed by atoms with E-state index >= 15 is 0 Å². The van der Waals surface area contributed by atoms with Crippen LogP contribution in [0.5, 0.6) is 0 Å². The highest BCUT2D eigenvalue weighted by molar-refractivity contribution is 7.89. The van der Waals surface area contributed by atoms with Crippen LogP contribution in [0.25, 0.3) is 10.2 Å². The molecule has 1 aliphatic rings. The van der Waals surface area contributed by atoms with Gasteiger partial charge in [-0.2, -0.15) is 4.31 Å². The van der Waals surface area contributed by atoms with Gasteiger partial charge in [-0.3, -0.25) is 4.79 Å². The van der Waals surface area contributed by atoms with Crippen LogP contribution in [0.15, 0.2) is 58.5 Å². The molecule has 3 aromatic rings. The Hall–Kier alpha value is -2.53. The van der Waals surface area contributed by atoms with Crippen LogP contribution in [0.2, 0.25) is 0 Å². The monoisotopic (exact) mass is 460 g/mol. The highest BCUT2D eigenvalue weighted by Gasteiger charge is 2.26. The Kier molecular flexibility index (Phi) is 6.51. The molecule has 0 radical (unpaired) electrons. The van der Waals surface area contributed by atoms with E-state index < -0.39 is 10.0 Å². The van der Waals surface area contributed by atoms with Gasteiger partial charge in [-0.25, -0.2) is 13.8 Å². The van der Waals surface area contributed by atoms with E-state index in [9.17, 15) is 13.2 Å². The summed E-state index contributed by atoms with van der Waals surface area (Å²) in [5.74, 6) is -0.192. The van der Waals surface area contributed by atoms with Gasteiger partial charge < -0.3 is 9.30 Å². The number of benzene rings is 2. The fourth-order valence-corrected chi connectivity index (χ4v) is 5.76. The lowest BCUT2D eigenvalue weighted by molar-refractivity contribution is -0.121. The van der Waals surface area contributed by atoms with Crippen molar-refractivity contribution in [1.29, 1.82) is 0 Å². The maximum atomic E-state index is 12.7. The summed E-state index contributed by atoms with van der Waals surface area (Å²) in [5.41, 5.74) is 4.57. The maximum Gasteiger partial charge on any atom is 0.243 e. The number of carbonyl (C=O) groups is 1. The Morgan fingerprint density at radius 2 is 1.84 bits per heavy atom. The first-order chi connectivity index (χ1) is 14.9. The van der Waals surface area contributed by atoms with Gasteiger partial charge in [-0.05, 0) is 36.2 Å². The first-order valence-electron chi connectivity index (χ1n) is 9.99. The summed E-state index contributed by atoms with van der Waals surface area (Å²) in [6, 6.07) is 14.7. The number of carbonyl (C=O) groups excluding carboxylic acids is 1. The van der Waals surface area contributed by atoms with Gasteiger partial charge in [0.15, 0.2) is 0 Å². The zero-order valence-corrected chi connectivity index (χ0v) is 18.8. The third-order valence-corrected chi connectivity index (χ3v) is 8.19. The molecule has 10 heteroatoms. The third kappa shape index (κ3) is 4.87. The second-order valence-corrected chi connectivity index (χ2v) is 10.2. The molecule has 0 bridgehead atoms. The van der Waals surface area contributed by atoms with Crippen molar-refractivity contribution in [2.45, 2.75) is 17.7 Å². The topological polar surface area (TPSA) is 93.0 Å². The molecular formula is C21H24N4O4S2. The number of hydrogen-bond donors (Lipinski definition) is 1. The van der Waals surface area contributed by atoms with E-state index in [0.717, 1.165) is 15.8 Å². The van der Waals surface area contributed by atoms with E-state index in [0.29, 0.717) is 37.5 Å². The third-order valence-electron chi connectivity index (χ3n) is 5.16. The number of thiazole rings is 1. The molecule has 2 aromatic carbocycles. The van der Waals surface area contributed by atoms with Gasteiger partial charge in [0.05, 0.1) is 28.3 Å². The summed E-state index contributed by atoms with van der Waals surface area (Å²) >= 11 is 1.51. The standard InChI is InChI=1S/C21H24N4O4S2/c1-24-18-4-2-3-5-19(18)30-21(24)23-22-20(26)11-8-16-6-9-17(10-7-16)31(27,28)25-12-14-29-15-13-25/h2-7,9-10H,8,11-15H2,1H3,(H,22,26)/b23-21-. The van der Waals surface area contributed by atoms with Crippen molar-refractivity contribution in [3.63, 3.8) is 0 Å². The summed E-state index contributed by atoms with van der Waals surface area (Å²) in [6.07, 6.45) is 0.755. The Morgan fingerprint density at radius 3 is 2.55 bits per heavy atom. The number of morpholine rings is 1. The van der Waals surface area contributed by atoms with E-state index in [1.54, 1.807) is 24.3 Å². The van der Waals surface area contributed by atoms with Crippen LogP contribution >= 0.6 is 11.3 Å². The van der Waals surface area contributed by atoms with E-state index in [-0.39, 0.29) is 17.2 Å². The molecule has 1 amide bonds. The average Bonchev–Trinajstić information content (AvgIpc) is 3.13. The SMILES string of the molecule is Cn1/c(=N/NC(=O)CCc2ccc(S(=O)(=O)N3CCOCC3)cc2)sc2ccccc21. The fraction of sp³-hybridized carbons (Fsp3) is 0.333. The minimum atomic E-state index is -3.51. The van der Waals surface area contributed by atoms with Gasteiger partial charge in [0, 0.05) is 26.6 Å². The van der Waals surface area contributed by atoms with E-state index in [4.69, 9.17) is 4.74 Å². The molecular weight excluding hydrogens is 436 g/mol. The molecule has 0 unspecified atom stereocenters. The van der Waals surface area contributed by atoms with Crippen LogP contribution in [-0.2, 0) is 33.0 Å². The van der Waals surface area contributed by atoms with Gasteiger partial charge >= 0.3 is 0 Å². The number of sulfonamides is 1. The fourth-order valence-electron chi connectivity index (χ4n) is 3.38. The Balaban J connectivity index is 1.35. The minimum absolute atomic E-state index is 0.192. The molecule has 31 heavy (non-hydrogen) atoms. The van der Waals surface area contributed by atoms with Crippen molar-refractivity contribution >= 4 is 37.5 Å². The second kappa shape index (κ2) is 9.31. The van der Waals surface area contributed by atoms with Crippen molar-refractivity contribution < 1.29 is 17.9 Å². The summed E-state index contributed by atoms with van der Waals surface area (Å²) < 4.78 is 35.0. The lowest BCUT2D eigenvalue weighted by Crippen LogP contribution is -2.40. The number of amides is 1. The minimum Gasteiger partial charge on any atom is -0.379 e. The Labute approximate surface area is 184 Å². The number of para-hydroxylation sites is 1. The van der Waals surface area contributed by atoms with Crippen molar-refractivity contribution in [2.24, 2.45) is 12.1 Å². The van der Waals surface area contributed by atoms with Gasteiger partial charge in [0.1, 0.15) is 0 Å². The number of nitrogens with zero attached hydrogens (tertiary/aromatic N) is 3. The molecule has 8 nitrogen and oxygen atoms in total. The van der Waals surface area contributed by atoms with Crippen LogP contribution in [0.4, 0.5) is 0 Å². The summed E-state index contributed by atoms with van der Waals surface area (Å²) in [6.45, 7) is 1.56. The Morgan fingerprint density at radius 1 is 1.13 bits per heavy atom. The zero-order chi connectivity index (χ0) is 21.8. The molecule has 0 saturated carbocycles. The van der Waals surface area contributed by atoms with Crippen LogP contribution in [0, 0.1) is 0 Å². The van der Waals surface area contributed by atoms with Gasteiger partial charge in [0.25, 0.3) is 0 Å². The predicted molar refractivity (Wildman–Crippen MR) is 119 cm³/mol. The van der Waals surface area contributed by atoms with Gasteiger partial charge in [-0.15, -0.1) is 5.10 Å². The first kappa shape index (κ1) is 21.7. The number of nitrogens with one attached hydrogen (secondary N) is 1. The molecule has 1 saturated heterocycles. The number of rotatable bonds is 6. The number of hydrogen-bond acceptors (Lipinski definition) is 6. The molecule has 0 atom stereocenters. The number of fused-ring (bicyclic) bond motifs is 1. The zero-order valence-electron chi connectivity index (χ0n) is 17.2. The molecule has 1 N–H and O–H groups in total. The molecule has 2 heterocycles. The number of ether oxygens (including phenoxy) is 1. The molecule has 164 valence electrons. The smallest absolute Gasteiger partial charge is 0.243 e. The highest BCUT2D eigenvalue weighted by Crippen LogP contribution is 2.18. The van der Waals surface area contributed by atoms with Gasteiger partial charge in [-0.1, -0.05) is 35.6 Å². The van der Waals surface area contributed by atoms with Crippen molar-refractivity contribution in [3.05, 3.63) is 58.9 Å². The molecule has 1 aromatic heterocycles. The second-order valence-electron chi connectivity index (χ2n) is 7.22. The highest BCUT2D eigenvalue weighted by atomic mass is 32.2. The quantitative estimate of drug-likeness (QED) is 0.568. The number of aromatic nitrogens is 1. The lowest BCUT2D eigenvalue weighted by atomic mass is 10.1. The van der Waals surface area contributed by atoms with E-state index in [1.807, 2.05) is 35.9 Å². The Bertz CT molecular complexity index is 1240. The lowest BCUT2D eigenvalue weighted by Gasteiger charge is -2.26. The normalized spacial score (nSPS) is 16.0. The van der Waals surface area contributed by atoms with Gasteiger partial charge in [0.2, 0.25) is 20.7 Å². The average molecular weight is 461 g/mol. The molecule has 1 aliphatic heterocycles. The van der Waals surface area contributed by atoms with Crippen molar-refractivity contribution in [2.75, 3.05) is 26.3 Å². The summed E-state index contributed by atoms with van der Waals surface area (Å²) in [7, 11) is -1.59. The van der Waals surface area contributed by atoms with Crippen molar-refractivity contribution in [3.8, 4) is 0 Å². The molecule has 1 fully saturated rings. The van der Waals surface area contributed by atoms with E-state index in [2.05, 4.69) is 10.5 Å². The molecule has 0 spiro atoms. The van der Waals surface area contributed by atoms with Crippen molar-refractivity contribution in [1.82, 2.24) is 14.3 Å². The predicted octanol–water partition coefficient (Wildman–Crippen LogP) is 1.83. The summed E-state index contributed by atoms with van der Waals surface area (Å²) in [4.78, 5) is 13.2. The molecule has 0 aliphatic carbocycles. The number of aryl methyl sites for hydroxylation is 2. The van der Waals surface area contributed by atoms with Crippen LogP contribution in [0.1, 0.15) is 12.0 Å². The first-order valence-corrected chi connectivity index (χ1v) is 12.2. The van der Waals surface area contributed by atoms with Crippen LogP contribution < -0.4 is 10.2 Å². The van der Waals surface area contributed by atoms with Crippen LogP contribution in [0.3, 0.4) is 0 Å². The van der Waals surface area contributed by atoms with Crippen LogP contribution in [-0.4, -0.2) is 49.5 Å². The largest absolute Gasteiger partial charge is 0.379 e. The summed E-state index contributed by atoms with van der Waals surface area (Å²) in [5, 5.41) is 4.24. The maximum absolute atomic E-state index is 12.7. The molecule has 4 rings (SSSR count). The van der Waals surface area contributed by atoms with E-state index in [1.165, 1.54) is 15.6 Å².